The van der Waals surface area contributed by atoms with Gasteiger partial charge in [0.15, 0.2) is 0 Å². The molecule has 1 aliphatic heterocycles. The average Bonchev–Trinajstić information content (AvgIpc) is 2.55. The highest BCUT2D eigenvalue weighted by molar-refractivity contribution is 7.89. The molecule has 1 aromatic rings. The number of hydrogen-bond acceptors (Lipinski definition) is 4. The summed E-state index contributed by atoms with van der Waals surface area (Å²) in [4.78, 5) is 22.7. The van der Waals surface area contributed by atoms with Crippen LogP contribution in [0.25, 0.3) is 0 Å². The van der Waals surface area contributed by atoms with Gasteiger partial charge in [-0.25, -0.2) is 8.42 Å². The quantitative estimate of drug-likeness (QED) is 0.792. The molecule has 126 valence electrons. The molecule has 1 saturated heterocycles. The van der Waals surface area contributed by atoms with Gasteiger partial charge in [-0.2, -0.15) is 4.31 Å². The van der Waals surface area contributed by atoms with Crippen molar-refractivity contribution in [2.75, 3.05) is 19.6 Å². The minimum Gasteiger partial charge on any atom is -0.481 e. The smallest absolute Gasteiger partial charge is 0.305 e. The number of carbonyl (C=O) groups is 2. The minimum atomic E-state index is -3.60. The third-order valence-corrected chi connectivity index (χ3v) is 5.65. The van der Waals surface area contributed by atoms with Crippen molar-refractivity contribution < 1.29 is 23.1 Å². The van der Waals surface area contributed by atoms with Crippen LogP contribution in [0.2, 0.25) is 0 Å². The van der Waals surface area contributed by atoms with Crippen LogP contribution in [0.1, 0.15) is 19.3 Å². The van der Waals surface area contributed by atoms with E-state index < -0.39 is 21.9 Å². The summed E-state index contributed by atoms with van der Waals surface area (Å²) in [6.45, 7) is 0.558. The fourth-order valence-electron chi connectivity index (χ4n) is 2.55. The molecule has 0 aromatic heterocycles. The Morgan fingerprint density at radius 3 is 2.61 bits per heavy atom. The topological polar surface area (TPSA) is 104 Å². The predicted molar refractivity (Wildman–Crippen MR) is 83.2 cm³/mol. The molecule has 0 aliphatic carbocycles. The van der Waals surface area contributed by atoms with Gasteiger partial charge in [-0.1, -0.05) is 18.2 Å². The number of hydrogen-bond donors (Lipinski definition) is 2. The number of carboxylic acid groups (broad SMARTS) is 1. The largest absolute Gasteiger partial charge is 0.481 e. The number of rotatable bonds is 6. The number of piperidine rings is 1. The van der Waals surface area contributed by atoms with E-state index in [1.807, 2.05) is 0 Å². The van der Waals surface area contributed by atoms with Crippen molar-refractivity contribution in [3.8, 4) is 0 Å². The summed E-state index contributed by atoms with van der Waals surface area (Å²) in [5.74, 6) is -1.72. The van der Waals surface area contributed by atoms with E-state index in [1.54, 1.807) is 18.2 Å². The van der Waals surface area contributed by atoms with Gasteiger partial charge in [-0.05, 0) is 25.0 Å². The third-order valence-electron chi connectivity index (χ3n) is 3.77. The Bertz CT molecular complexity index is 660. The van der Waals surface area contributed by atoms with E-state index in [0.717, 1.165) is 0 Å². The fraction of sp³-hybridized carbons (Fsp3) is 0.467. The fourth-order valence-corrected chi connectivity index (χ4v) is 4.10. The van der Waals surface area contributed by atoms with Gasteiger partial charge in [0.1, 0.15) is 0 Å². The Kier molecular flexibility index (Phi) is 5.73. The Morgan fingerprint density at radius 1 is 1.26 bits per heavy atom. The third kappa shape index (κ3) is 4.52. The number of carbonyl (C=O) groups excluding carboxylic acids is 1. The summed E-state index contributed by atoms with van der Waals surface area (Å²) < 4.78 is 26.5. The zero-order chi connectivity index (χ0) is 16.9. The molecule has 1 aromatic carbocycles. The standard InChI is InChI=1S/C15H20N2O5S/c18-14(19)8-9-16-15(20)12-5-4-10-17(11-12)23(21,22)13-6-2-1-3-7-13/h1-3,6-7,12H,4-5,8-11H2,(H,16,20)(H,18,19)/t12-/m0/s1. The summed E-state index contributed by atoms with van der Waals surface area (Å²) in [5.41, 5.74) is 0. The Morgan fingerprint density at radius 2 is 1.96 bits per heavy atom. The summed E-state index contributed by atoms with van der Waals surface area (Å²) in [6, 6.07) is 8.13. The summed E-state index contributed by atoms with van der Waals surface area (Å²) in [6.07, 6.45) is 1.05. The number of benzene rings is 1. The van der Waals surface area contributed by atoms with Gasteiger partial charge in [0.05, 0.1) is 17.2 Å². The first-order valence-corrected chi connectivity index (χ1v) is 8.90. The molecule has 2 rings (SSSR count). The molecule has 1 atom stereocenters. The molecule has 0 unspecified atom stereocenters. The monoisotopic (exact) mass is 340 g/mol. The number of nitrogens with zero attached hydrogens (tertiary/aromatic N) is 1. The van der Waals surface area contributed by atoms with Gasteiger partial charge in [0.2, 0.25) is 15.9 Å². The number of nitrogens with one attached hydrogen (secondary N) is 1. The van der Waals surface area contributed by atoms with Crippen LogP contribution >= 0.6 is 0 Å². The Balaban J connectivity index is 2.00. The zero-order valence-corrected chi connectivity index (χ0v) is 13.5. The maximum Gasteiger partial charge on any atom is 0.305 e. The molecule has 8 heteroatoms. The maximum absolute atomic E-state index is 12.6. The molecule has 1 fully saturated rings. The van der Waals surface area contributed by atoms with E-state index in [0.29, 0.717) is 19.4 Å². The lowest BCUT2D eigenvalue weighted by Crippen LogP contribution is -2.45. The van der Waals surface area contributed by atoms with Crippen LogP contribution in [0.5, 0.6) is 0 Å². The van der Waals surface area contributed by atoms with Crippen molar-refractivity contribution in [2.45, 2.75) is 24.2 Å². The molecule has 7 nitrogen and oxygen atoms in total. The molecule has 1 aliphatic rings. The van der Waals surface area contributed by atoms with Crippen LogP contribution in [0.15, 0.2) is 35.2 Å². The van der Waals surface area contributed by atoms with Crippen molar-refractivity contribution in [3.05, 3.63) is 30.3 Å². The van der Waals surface area contributed by atoms with E-state index in [1.165, 1.54) is 16.4 Å². The first-order valence-electron chi connectivity index (χ1n) is 7.46. The molecular formula is C15H20N2O5S. The number of amides is 1. The van der Waals surface area contributed by atoms with Gasteiger partial charge in [-0.15, -0.1) is 0 Å². The van der Waals surface area contributed by atoms with Crippen LogP contribution < -0.4 is 5.32 Å². The van der Waals surface area contributed by atoms with Crippen molar-refractivity contribution in [3.63, 3.8) is 0 Å². The number of aliphatic carboxylic acids is 1. The van der Waals surface area contributed by atoms with E-state index >= 15 is 0 Å². The van der Waals surface area contributed by atoms with Crippen molar-refractivity contribution in [2.24, 2.45) is 5.92 Å². The molecule has 0 saturated carbocycles. The van der Waals surface area contributed by atoms with Crippen molar-refractivity contribution >= 4 is 21.9 Å². The highest BCUT2D eigenvalue weighted by Gasteiger charge is 2.33. The number of sulfonamides is 1. The number of carboxylic acids is 1. The molecule has 0 radical (unpaired) electrons. The maximum atomic E-state index is 12.6. The second kappa shape index (κ2) is 7.56. The van der Waals surface area contributed by atoms with Crippen LogP contribution in [0.4, 0.5) is 0 Å². The predicted octanol–water partition coefficient (Wildman–Crippen LogP) is 0.678. The second-order valence-corrected chi connectivity index (χ2v) is 7.39. The molecule has 23 heavy (non-hydrogen) atoms. The van der Waals surface area contributed by atoms with Gasteiger partial charge in [0.25, 0.3) is 0 Å². The van der Waals surface area contributed by atoms with E-state index in [4.69, 9.17) is 5.11 Å². The van der Waals surface area contributed by atoms with Gasteiger partial charge < -0.3 is 10.4 Å². The lowest BCUT2D eigenvalue weighted by atomic mass is 9.99. The van der Waals surface area contributed by atoms with Crippen LogP contribution in [0, 0.1) is 5.92 Å². The molecule has 1 heterocycles. The first-order chi connectivity index (χ1) is 10.9. The minimum absolute atomic E-state index is 0.0517. The van der Waals surface area contributed by atoms with Crippen LogP contribution in [0.3, 0.4) is 0 Å². The second-order valence-electron chi connectivity index (χ2n) is 5.45. The van der Waals surface area contributed by atoms with Crippen LogP contribution in [-0.4, -0.2) is 49.3 Å². The molecule has 2 N–H and O–H groups in total. The SMILES string of the molecule is O=C(O)CCNC(=O)[C@H]1CCCN(S(=O)(=O)c2ccccc2)C1. The normalized spacial score (nSPS) is 19.2. The van der Waals surface area contributed by atoms with E-state index in [2.05, 4.69) is 5.32 Å². The summed E-state index contributed by atoms with van der Waals surface area (Å²) in [7, 11) is -3.60. The van der Waals surface area contributed by atoms with Crippen LogP contribution in [-0.2, 0) is 19.6 Å². The highest BCUT2D eigenvalue weighted by atomic mass is 32.2. The van der Waals surface area contributed by atoms with E-state index in [9.17, 15) is 18.0 Å². The molecular weight excluding hydrogens is 320 g/mol. The van der Waals surface area contributed by atoms with Crippen molar-refractivity contribution in [1.82, 2.24) is 9.62 Å². The summed E-state index contributed by atoms with van der Waals surface area (Å²) in [5, 5.41) is 11.1. The molecule has 0 bridgehead atoms. The Hall–Kier alpha value is -1.93. The lowest BCUT2D eigenvalue weighted by molar-refractivity contribution is -0.137. The molecule has 0 spiro atoms. The van der Waals surface area contributed by atoms with Gasteiger partial charge in [-0.3, -0.25) is 9.59 Å². The van der Waals surface area contributed by atoms with Gasteiger partial charge >= 0.3 is 5.97 Å². The Labute approximate surface area is 135 Å². The average molecular weight is 340 g/mol. The molecule has 1 amide bonds. The van der Waals surface area contributed by atoms with E-state index in [-0.39, 0.29) is 30.3 Å². The first kappa shape index (κ1) is 17.4. The van der Waals surface area contributed by atoms with Crippen molar-refractivity contribution in [1.29, 1.82) is 0 Å². The lowest BCUT2D eigenvalue weighted by Gasteiger charge is -2.31. The highest BCUT2D eigenvalue weighted by Crippen LogP contribution is 2.23. The summed E-state index contributed by atoms with van der Waals surface area (Å²) >= 11 is 0. The van der Waals surface area contributed by atoms with Gasteiger partial charge in [0, 0.05) is 19.6 Å². The zero-order valence-electron chi connectivity index (χ0n) is 12.6.